The first-order chi connectivity index (χ1) is 7.49. The minimum absolute atomic E-state index is 0.111. The molecular formula is C10H15NO4S. The molecule has 0 radical (unpaired) electrons. The van der Waals surface area contributed by atoms with Crippen LogP contribution < -0.4 is 0 Å². The van der Waals surface area contributed by atoms with Gasteiger partial charge < -0.3 is 9.62 Å². The highest BCUT2D eigenvalue weighted by Gasteiger charge is 2.15. The average Bonchev–Trinajstić information content (AvgIpc) is 2.68. The molecule has 1 rings (SSSR count). The van der Waals surface area contributed by atoms with Crippen molar-refractivity contribution in [3.05, 3.63) is 17.9 Å². The van der Waals surface area contributed by atoms with E-state index in [2.05, 4.69) is 5.16 Å². The van der Waals surface area contributed by atoms with E-state index in [9.17, 15) is 8.42 Å². The lowest BCUT2D eigenvalue weighted by Crippen LogP contribution is -1.99. The van der Waals surface area contributed by atoms with Crippen molar-refractivity contribution >= 4 is 15.5 Å². The number of nitrogens with zero attached hydrogens (tertiary/aromatic N) is 1. The Kier molecular flexibility index (Phi) is 4.12. The lowest BCUT2D eigenvalue weighted by molar-refractivity contribution is 0.315. The summed E-state index contributed by atoms with van der Waals surface area (Å²) < 4.78 is 27.5. The van der Waals surface area contributed by atoms with Crippen molar-refractivity contribution in [2.45, 2.75) is 31.3 Å². The third-order valence-electron chi connectivity index (χ3n) is 2.12. The zero-order chi connectivity index (χ0) is 12.2. The van der Waals surface area contributed by atoms with Gasteiger partial charge in [-0.1, -0.05) is 18.5 Å². The number of unbranched alkanes of at least 4 members (excludes halogenated alkanes) is 1. The molecule has 1 aromatic heterocycles. The number of furan rings is 1. The van der Waals surface area contributed by atoms with Gasteiger partial charge in [-0.15, -0.1) is 0 Å². The predicted molar refractivity (Wildman–Crippen MR) is 59.7 cm³/mol. The Morgan fingerprint density at radius 1 is 1.50 bits per heavy atom. The largest absolute Gasteiger partial charge is 0.443 e. The first-order valence-corrected chi connectivity index (χ1v) is 6.89. The van der Waals surface area contributed by atoms with Gasteiger partial charge in [0, 0.05) is 6.26 Å². The third kappa shape index (κ3) is 3.10. The van der Waals surface area contributed by atoms with Gasteiger partial charge in [0.05, 0.1) is 0 Å². The molecule has 0 spiro atoms. The van der Waals surface area contributed by atoms with Gasteiger partial charge >= 0.3 is 0 Å². The minimum Gasteiger partial charge on any atom is -0.443 e. The fraction of sp³-hybridized carbons (Fsp3) is 0.500. The first-order valence-electron chi connectivity index (χ1n) is 5.00. The lowest BCUT2D eigenvalue weighted by atomic mass is 10.1. The number of rotatable bonds is 5. The highest BCUT2D eigenvalue weighted by atomic mass is 32.2. The van der Waals surface area contributed by atoms with Crippen LogP contribution in [0.2, 0.25) is 0 Å². The van der Waals surface area contributed by atoms with Crippen LogP contribution in [0, 0.1) is 0 Å². The van der Waals surface area contributed by atoms with Crippen molar-refractivity contribution in [1.29, 1.82) is 0 Å². The first kappa shape index (κ1) is 12.8. The fourth-order valence-electron chi connectivity index (χ4n) is 1.24. The summed E-state index contributed by atoms with van der Waals surface area (Å²) in [7, 11) is -3.35. The molecular weight excluding hydrogens is 230 g/mol. The summed E-state index contributed by atoms with van der Waals surface area (Å²) in [5.74, 6) is 0.302. The van der Waals surface area contributed by atoms with Crippen LogP contribution in [0.3, 0.4) is 0 Å². The predicted octanol–water partition coefficient (Wildman–Crippen LogP) is 2.05. The summed E-state index contributed by atoms with van der Waals surface area (Å²) >= 11 is 0. The van der Waals surface area contributed by atoms with Crippen LogP contribution in [-0.2, 0) is 9.84 Å². The molecule has 0 aliphatic rings. The molecule has 0 unspecified atom stereocenters. The molecule has 6 heteroatoms. The SMILES string of the molecule is CCCCC(=NO)c1ccc(S(C)(=O)=O)o1. The molecule has 5 nitrogen and oxygen atoms in total. The Morgan fingerprint density at radius 3 is 2.62 bits per heavy atom. The van der Waals surface area contributed by atoms with Crippen LogP contribution in [0.15, 0.2) is 26.8 Å². The third-order valence-corrected chi connectivity index (χ3v) is 3.07. The number of hydrogen-bond acceptors (Lipinski definition) is 5. The summed E-state index contributed by atoms with van der Waals surface area (Å²) in [5.41, 5.74) is 0.372. The maximum absolute atomic E-state index is 11.2. The Morgan fingerprint density at radius 2 is 2.19 bits per heavy atom. The Balaban J connectivity index is 2.92. The normalized spacial score (nSPS) is 13.0. The van der Waals surface area contributed by atoms with E-state index < -0.39 is 9.84 Å². The van der Waals surface area contributed by atoms with E-state index in [1.165, 1.54) is 12.1 Å². The summed E-state index contributed by atoms with van der Waals surface area (Å²) in [6, 6.07) is 2.86. The van der Waals surface area contributed by atoms with Gasteiger partial charge in [0.2, 0.25) is 14.9 Å². The van der Waals surface area contributed by atoms with Gasteiger partial charge in [-0.25, -0.2) is 8.42 Å². The standard InChI is InChI=1S/C10H15NO4S/c1-3-4-5-8(11-12)9-6-7-10(15-9)16(2,13)14/h6-7,12H,3-5H2,1-2H3. The van der Waals surface area contributed by atoms with E-state index in [4.69, 9.17) is 9.62 Å². The molecule has 1 N–H and O–H groups in total. The van der Waals surface area contributed by atoms with Crippen molar-refractivity contribution in [2.75, 3.05) is 6.26 Å². The van der Waals surface area contributed by atoms with Crippen LogP contribution >= 0.6 is 0 Å². The molecule has 0 saturated heterocycles. The maximum Gasteiger partial charge on any atom is 0.218 e. The van der Waals surface area contributed by atoms with Crippen molar-refractivity contribution < 1.29 is 18.0 Å². The van der Waals surface area contributed by atoms with Crippen LogP contribution in [0.5, 0.6) is 0 Å². The van der Waals surface area contributed by atoms with Gasteiger partial charge in [0.1, 0.15) is 5.71 Å². The zero-order valence-corrected chi connectivity index (χ0v) is 10.1. The van der Waals surface area contributed by atoms with E-state index in [-0.39, 0.29) is 5.09 Å². The molecule has 0 aliphatic heterocycles. The lowest BCUT2D eigenvalue weighted by Gasteiger charge is -1.99. The maximum atomic E-state index is 11.2. The molecule has 90 valence electrons. The number of sulfone groups is 1. The molecule has 1 heterocycles. The van der Waals surface area contributed by atoms with Gasteiger partial charge in [0.25, 0.3) is 0 Å². The van der Waals surface area contributed by atoms with Crippen molar-refractivity contribution in [3.63, 3.8) is 0 Å². The van der Waals surface area contributed by atoms with Gasteiger partial charge in [-0.05, 0) is 25.0 Å². The monoisotopic (exact) mass is 245 g/mol. The number of hydrogen-bond donors (Lipinski definition) is 1. The minimum atomic E-state index is -3.35. The van der Waals surface area contributed by atoms with Crippen molar-refractivity contribution in [2.24, 2.45) is 5.16 Å². The summed E-state index contributed by atoms with van der Waals surface area (Å²) in [5, 5.41) is 11.8. The molecule has 0 amide bonds. The summed E-state index contributed by atoms with van der Waals surface area (Å²) in [6.07, 6.45) is 3.44. The van der Waals surface area contributed by atoms with Crippen LogP contribution in [0.25, 0.3) is 0 Å². The van der Waals surface area contributed by atoms with Crippen molar-refractivity contribution in [1.82, 2.24) is 0 Å². The second-order valence-corrected chi connectivity index (χ2v) is 5.49. The average molecular weight is 245 g/mol. The molecule has 0 saturated carbocycles. The van der Waals surface area contributed by atoms with E-state index in [0.29, 0.717) is 17.9 Å². The summed E-state index contributed by atoms with van der Waals surface area (Å²) in [4.78, 5) is 0. The van der Waals surface area contributed by atoms with Crippen LogP contribution in [0.4, 0.5) is 0 Å². The second kappa shape index (κ2) is 5.16. The summed E-state index contributed by atoms with van der Waals surface area (Å²) in [6.45, 7) is 2.01. The second-order valence-electron chi connectivity index (χ2n) is 3.54. The van der Waals surface area contributed by atoms with Gasteiger partial charge in [-0.2, -0.15) is 0 Å². The van der Waals surface area contributed by atoms with Gasteiger partial charge in [0.15, 0.2) is 5.76 Å². The number of oxime groups is 1. The quantitative estimate of drug-likeness (QED) is 0.489. The molecule has 0 fully saturated rings. The van der Waals surface area contributed by atoms with Crippen LogP contribution in [0.1, 0.15) is 31.9 Å². The Bertz CT molecular complexity index is 473. The van der Waals surface area contributed by atoms with E-state index in [1.54, 1.807) is 0 Å². The van der Waals surface area contributed by atoms with E-state index in [1.807, 2.05) is 6.92 Å². The fourth-order valence-corrected chi connectivity index (χ4v) is 1.80. The van der Waals surface area contributed by atoms with Crippen LogP contribution in [-0.4, -0.2) is 25.6 Å². The molecule has 0 aromatic carbocycles. The Hall–Kier alpha value is -1.30. The molecule has 0 aliphatic carbocycles. The highest BCUT2D eigenvalue weighted by molar-refractivity contribution is 7.90. The van der Waals surface area contributed by atoms with Gasteiger partial charge in [-0.3, -0.25) is 0 Å². The van der Waals surface area contributed by atoms with E-state index >= 15 is 0 Å². The molecule has 1 aromatic rings. The molecule has 0 bridgehead atoms. The smallest absolute Gasteiger partial charge is 0.218 e. The molecule has 0 atom stereocenters. The molecule has 16 heavy (non-hydrogen) atoms. The highest BCUT2D eigenvalue weighted by Crippen LogP contribution is 2.16. The Labute approximate surface area is 94.7 Å². The zero-order valence-electron chi connectivity index (χ0n) is 9.30. The topological polar surface area (TPSA) is 79.9 Å². The van der Waals surface area contributed by atoms with E-state index in [0.717, 1.165) is 19.1 Å². The van der Waals surface area contributed by atoms with Crippen molar-refractivity contribution in [3.8, 4) is 0 Å².